The minimum atomic E-state index is -1.24. The number of esters is 2. The van der Waals surface area contributed by atoms with E-state index in [0.717, 1.165) is 11.1 Å². The maximum Gasteiger partial charge on any atom is 0.347 e. The fourth-order valence-electron chi connectivity index (χ4n) is 7.97. The monoisotopic (exact) mass is 921 g/mol. The molecule has 3 saturated heterocycles. The summed E-state index contributed by atoms with van der Waals surface area (Å²) < 4.78 is 23.5. The van der Waals surface area contributed by atoms with Crippen LogP contribution in [0.3, 0.4) is 0 Å². The fraction of sp³-hybridized carbons (Fsp3) is 0.553. The van der Waals surface area contributed by atoms with Crippen LogP contribution in [0.1, 0.15) is 83.1 Å². The number of carbonyl (C=O) groups excluding carboxylic acids is 7. The SMILES string of the molecule is COc1ccc(C[C@H]2NC(=O)/C=C\C[C@@H]([C@H](C)[C@H]3O[C@@H]3c3ccc(CN4CCN(CC(=O)ON5C(=O)CCC5=O)CC4)cc3)OC(=O)[C@H](CC(C)C)OC(=O)C(C)(C)CNC2=O)cc1Cl. The molecule has 65 heavy (non-hydrogen) atoms. The molecule has 0 aliphatic carbocycles. The number of nitrogens with zero attached hydrogens (tertiary/aromatic N) is 3. The first kappa shape index (κ1) is 49.1. The van der Waals surface area contributed by atoms with E-state index >= 15 is 0 Å². The molecule has 352 valence electrons. The Morgan fingerprint density at radius 1 is 0.908 bits per heavy atom. The third kappa shape index (κ3) is 13.4. The number of rotatable bonds is 13. The van der Waals surface area contributed by atoms with E-state index in [4.69, 9.17) is 35.4 Å². The van der Waals surface area contributed by atoms with Crippen molar-refractivity contribution in [1.29, 1.82) is 0 Å². The number of carbonyl (C=O) groups is 7. The van der Waals surface area contributed by atoms with Gasteiger partial charge in [0.1, 0.15) is 24.0 Å². The van der Waals surface area contributed by atoms with Gasteiger partial charge in [0, 0.05) is 70.9 Å². The van der Waals surface area contributed by atoms with Crippen molar-refractivity contribution in [3.63, 3.8) is 0 Å². The molecule has 0 aromatic heterocycles. The average Bonchev–Trinajstić information content (AvgIpc) is 4.01. The number of piperazine rings is 1. The zero-order valence-corrected chi connectivity index (χ0v) is 38.6. The van der Waals surface area contributed by atoms with Gasteiger partial charge in [-0.05, 0) is 61.1 Å². The maximum atomic E-state index is 13.9. The van der Waals surface area contributed by atoms with Gasteiger partial charge in [0.05, 0.1) is 30.2 Å². The number of hydroxylamine groups is 2. The van der Waals surface area contributed by atoms with Crippen LogP contribution in [-0.4, -0.2) is 127 Å². The lowest BCUT2D eigenvalue weighted by Gasteiger charge is -2.34. The molecule has 4 aliphatic heterocycles. The van der Waals surface area contributed by atoms with Gasteiger partial charge >= 0.3 is 17.9 Å². The van der Waals surface area contributed by atoms with Gasteiger partial charge in [-0.2, -0.15) is 0 Å². The van der Waals surface area contributed by atoms with Crippen LogP contribution >= 0.6 is 11.6 Å². The average molecular weight is 922 g/mol. The summed E-state index contributed by atoms with van der Waals surface area (Å²) >= 11 is 6.37. The van der Waals surface area contributed by atoms with Crippen LogP contribution in [0.5, 0.6) is 5.75 Å². The predicted octanol–water partition coefficient (Wildman–Crippen LogP) is 3.85. The van der Waals surface area contributed by atoms with Crippen molar-refractivity contribution >= 4 is 53.1 Å². The van der Waals surface area contributed by atoms with Crippen molar-refractivity contribution in [2.24, 2.45) is 17.3 Å². The molecule has 0 unspecified atom stereocenters. The second kappa shape index (κ2) is 21.8. The highest BCUT2D eigenvalue weighted by molar-refractivity contribution is 6.32. The van der Waals surface area contributed by atoms with Crippen LogP contribution in [0, 0.1) is 17.3 Å². The Bertz CT molecular complexity index is 2110. The van der Waals surface area contributed by atoms with E-state index in [2.05, 4.69) is 15.5 Å². The van der Waals surface area contributed by atoms with Crippen LogP contribution in [0.15, 0.2) is 54.6 Å². The number of methoxy groups -OCH3 is 1. The summed E-state index contributed by atoms with van der Waals surface area (Å²) in [6, 6.07) is 12.2. The molecule has 0 saturated carbocycles. The van der Waals surface area contributed by atoms with E-state index in [-0.39, 0.29) is 69.2 Å². The number of imide groups is 1. The number of benzene rings is 2. The minimum absolute atomic E-state index is 0.0144. The van der Waals surface area contributed by atoms with Gasteiger partial charge < -0.3 is 34.4 Å². The van der Waals surface area contributed by atoms with E-state index in [0.29, 0.717) is 54.1 Å². The number of hydrogen-bond donors (Lipinski definition) is 2. The van der Waals surface area contributed by atoms with Gasteiger partial charge in [-0.3, -0.25) is 33.8 Å². The van der Waals surface area contributed by atoms with Crippen molar-refractivity contribution in [1.82, 2.24) is 25.5 Å². The first-order valence-corrected chi connectivity index (χ1v) is 22.5. The Hall–Kier alpha value is -5.36. The molecule has 4 amide bonds. The van der Waals surface area contributed by atoms with Gasteiger partial charge in [-0.15, -0.1) is 5.06 Å². The summed E-state index contributed by atoms with van der Waals surface area (Å²) in [5.41, 5.74) is 1.47. The normalized spacial score (nSPS) is 25.9. The van der Waals surface area contributed by atoms with E-state index in [1.807, 2.05) is 49.9 Å². The second-order valence-corrected chi connectivity index (χ2v) is 18.6. The fourth-order valence-corrected chi connectivity index (χ4v) is 8.25. The van der Waals surface area contributed by atoms with E-state index < -0.39 is 65.2 Å². The zero-order valence-electron chi connectivity index (χ0n) is 37.8. The molecule has 4 heterocycles. The maximum absolute atomic E-state index is 13.9. The van der Waals surface area contributed by atoms with Gasteiger partial charge in [-0.25, -0.2) is 9.59 Å². The van der Waals surface area contributed by atoms with Crippen molar-refractivity contribution in [3.8, 4) is 5.75 Å². The van der Waals surface area contributed by atoms with Crippen LogP contribution in [-0.2, 0) is 65.6 Å². The quantitative estimate of drug-likeness (QED) is 0.167. The number of cyclic esters (lactones) is 2. The highest BCUT2D eigenvalue weighted by atomic mass is 35.5. The standard InChI is InChI=1S/C47H60ClN5O12/c1-28(2)22-37-45(59)62-35(8-7-9-38(54)50-34(24-31-12-15-36(61-6)33(48)23-31)44(58)49-27-47(4,5)46(60)63-37)29(3)42-43(64-42)32-13-10-30(11-14-32)25-51-18-20-52(21-19-51)26-41(57)65-53-39(55)16-17-40(53)56/h7,9-15,23,28-29,34-35,37,42-43H,8,16-22,24-27H2,1-6H3,(H,49,58)(H,50,54)/b9-7-/t29-,34+,35-,37-,42+,43+/m0/s1. The third-order valence-corrected chi connectivity index (χ3v) is 12.3. The largest absolute Gasteiger partial charge is 0.495 e. The molecule has 0 radical (unpaired) electrons. The molecule has 2 N–H and O–H groups in total. The molecule has 4 aliphatic rings. The summed E-state index contributed by atoms with van der Waals surface area (Å²) in [5.74, 6) is -4.00. The lowest BCUT2D eigenvalue weighted by Crippen LogP contribution is -2.51. The molecule has 6 atom stereocenters. The van der Waals surface area contributed by atoms with Gasteiger partial charge in [0.2, 0.25) is 11.8 Å². The predicted molar refractivity (Wildman–Crippen MR) is 236 cm³/mol. The first-order chi connectivity index (χ1) is 30.9. The van der Waals surface area contributed by atoms with Crippen molar-refractivity contribution in [3.05, 3.63) is 76.3 Å². The summed E-state index contributed by atoms with van der Waals surface area (Å²) in [5, 5.41) is 6.48. The minimum Gasteiger partial charge on any atom is -0.495 e. The molecule has 0 bridgehead atoms. The Labute approximate surface area is 384 Å². The summed E-state index contributed by atoms with van der Waals surface area (Å²) in [6.45, 7) is 12.2. The Balaban J connectivity index is 1.09. The molecule has 18 heteroatoms. The molecule has 0 spiro atoms. The van der Waals surface area contributed by atoms with Crippen molar-refractivity contribution in [2.75, 3.05) is 46.4 Å². The zero-order chi connectivity index (χ0) is 47.0. The molecule has 3 fully saturated rings. The lowest BCUT2D eigenvalue weighted by molar-refractivity contribution is -0.198. The topological polar surface area (TPSA) is 203 Å². The van der Waals surface area contributed by atoms with Crippen molar-refractivity contribution < 1.29 is 57.3 Å². The van der Waals surface area contributed by atoms with E-state index in [1.165, 1.54) is 13.2 Å². The summed E-state index contributed by atoms with van der Waals surface area (Å²) in [4.78, 5) is 99.7. The molecular formula is C47H60ClN5O12. The lowest BCUT2D eigenvalue weighted by atomic mass is 9.92. The Morgan fingerprint density at radius 2 is 1.57 bits per heavy atom. The first-order valence-electron chi connectivity index (χ1n) is 22.1. The third-order valence-electron chi connectivity index (χ3n) is 12.0. The molecular weight excluding hydrogens is 862 g/mol. The molecule has 6 rings (SSSR count). The molecule has 2 aromatic rings. The van der Waals surface area contributed by atoms with E-state index in [1.54, 1.807) is 38.1 Å². The number of nitrogens with one attached hydrogen (secondary N) is 2. The molecule has 2 aromatic carbocycles. The van der Waals surface area contributed by atoms with Gasteiger partial charge in [-0.1, -0.05) is 68.8 Å². The Kier molecular flexibility index (Phi) is 16.4. The molecule has 17 nitrogen and oxygen atoms in total. The number of amides is 4. The second-order valence-electron chi connectivity index (χ2n) is 18.2. The smallest absolute Gasteiger partial charge is 0.347 e. The van der Waals surface area contributed by atoms with E-state index in [9.17, 15) is 33.6 Å². The number of hydrogen-bond acceptors (Lipinski definition) is 14. The van der Waals surface area contributed by atoms with Crippen LogP contribution in [0.25, 0.3) is 0 Å². The number of halogens is 1. The highest BCUT2D eigenvalue weighted by Crippen LogP contribution is 2.45. The van der Waals surface area contributed by atoms with Crippen LogP contribution < -0.4 is 15.4 Å². The summed E-state index contributed by atoms with van der Waals surface area (Å²) in [6.07, 6.45) is 0.899. The van der Waals surface area contributed by atoms with Crippen molar-refractivity contribution in [2.45, 2.75) is 104 Å². The Morgan fingerprint density at radius 3 is 2.22 bits per heavy atom. The number of ether oxygens (including phenoxy) is 4. The van der Waals surface area contributed by atoms with Gasteiger partial charge in [0.15, 0.2) is 6.10 Å². The highest BCUT2D eigenvalue weighted by Gasteiger charge is 2.48. The summed E-state index contributed by atoms with van der Waals surface area (Å²) in [7, 11) is 1.50. The van der Waals surface area contributed by atoms with Crippen LogP contribution in [0.2, 0.25) is 5.02 Å². The number of epoxide rings is 1. The van der Waals surface area contributed by atoms with Crippen LogP contribution in [0.4, 0.5) is 0 Å². The van der Waals surface area contributed by atoms with Gasteiger partial charge in [0.25, 0.3) is 11.8 Å².